The first-order valence-electron chi connectivity index (χ1n) is 5.45. The molecule has 1 aromatic heterocycles. The summed E-state index contributed by atoms with van der Waals surface area (Å²) in [4.78, 5) is 1.15. The summed E-state index contributed by atoms with van der Waals surface area (Å²) in [6, 6.07) is 7.78. The van der Waals surface area contributed by atoms with Gasteiger partial charge in [-0.2, -0.15) is 0 Å². The fourth-order valence-corrected chi connectivity index (χ4v) is 2.90. The average molecular weight is 328 g/mol. The smallest absolute Gasteiger partial charge is 0.162 e. The van der Waals surface area contributed by atoms with E-state index in [4.69, 9.17) is 15.2 Å². The molecule has 0 aliphatic heterocycles. The van der Waals surface area contributed by atoms with Gasteiger partial charge in [0.05, 0.1) is 7.11 Å². The van der Waals surface area contributed by atoms with E-state index < -0.39 is 0 Å². The van der Waals surface area contributed by atoms with Gasteiger partial charge in [-0.15, -0.1) is 11.3 Å². The highest BCUT2D eigenvalue weighted by Gasteiger charge is 2.06. The van der Waals surface area contributed by atoms with E-state index in [1.807, 2.05) is 29.6 Å². The Bertz CT molecular complexity index is 527. The number of methoxy groups -OCH3 is 1. The molecule has 2 rings (SSSR count). The zero-order valence-corrected chi connectivity index (χ0v) is 12.4. The van der Waals surface area contributed by atoms with Gasteiger partial charge in [-0.3, -0.25) is 0 Å². The van der Waals surface area contributed by atoms with Crippen molar-refractivity contribution in [2.24, 2.45) is 5.73 Å². The van der Waals surface area contributed by atoms with Gasteiger partial charge in [0, 0.05) is 21.3 Å². The maximum Gasteiger partial charge on any atom is 0.162 e. The molecule has 0 bridgehead atoms. The van der Waals surface area contributed by atoms with E-state index in [9.17, 15) is 0 Å². The van der Waals surface area contributed by atoms with Crippen molar-refractivity contribution in [2.75, 3.05) is 7.11 Å². The zero-order chi connectivity index (χ0) is 13.0. The molecule has 2 aromatic rings. The van der Waals surface area contributed by atoms with E-state index in [0.717, 1.165) is 26.4 Å². The van der Waals surface area contributed by atoms with Crippen LogP contribution in [0.5, 0.6) is 11.5 Å². The number of thiophene rings is 1. The van der Waals surface area contributed by atoms with E-state index in [1.54, 1.807) is 18.4 Å². The normalized spacial score (nSPS) is 10.4. The molecule has 1 heterocycles. The Labute approximate surface area is 119 Å². The van der Waals surface area contributed by atoms with E-state index in [0.29, 0.717) is 13.2 Å². The molecular weight excluding hydrogens is 314 g/mol. The maximum atomic E-state index is 5.78. The molecule has 0 saturated heterocycles. The van der Waals surface area contributed by atoms with Gasteiger partial charge in [0.25, 0.3) is 0 Å². The lowest BCUT2D eigenvalue weighted by molar-refractivity contribution is 0.287. The van der Waals surface area contributed by atoms with Crippen LogP contribution in [0.25, 0.3) is 0 Å². The zero-order valence-electron chi connectivity index (χ0n) is 9.98. The Morgan fingerprint density at radius 2 is 2.11 bits per heavy atom. The summed E-state index contributed by atoms with van der Waals surface area (Å²) in [5.74, 6) is 1.45. The third-order valence-corrected chi connectivity index (χ3v) is 4.13. The summed E-state index contributed by atoms with van der Waals surface area (Å²) >= 11 is 5.08. The molecule has 1 aromatic carbocycles. The molecule has 0 unspecified atom stereocenters. The highest BCUT2D eigenvalue weighted by Crippen LogP contribution is 2.29. The van der Waals surface area contributed by atoms with Crippen LogP contribution in [0.15, 0.2) is 34.1 Å². The van der Waals surface area contributed by atoms with Crippen LogP contribution in [0.2, 0.25) is 0 Å². The molecule has 18 heavy (non-hydrogen) atoms. The fraction of sp³-hybridized carbons (Fsp3) is 0.231. The van der Waals surface area contributed by atoms with Crippen LogP contribution in [-0.2, 0) is 13.2 Å². The first-order chi connectivity index (χ1) is 8.72. The second-order valence-corrected chi connectivity index (χ2v) is 5.62. The average Bonchev–Trinajstić information content (AvgIpc) is 2.81. The van der Waals surface area contributed by atoms with Gasteiger partial charge < -0.3 is 15.2 Å². The lowest BCUT2D eigenvalue weighted by Gasteiger charge is -2.11. The molecule has 0 saturated carbocycles. The van der Waals surface area contributed by atoms with Crippen LogP contribution in [0.4, 0.5) is 0 Å². The van der Waals surface area contributed by atoms with Crippen LogP contribution < -0.4 is 15.2 Å². The fourth-order valence-electron chi connectivity index (χ4n) is 1.54. The highest BCUT2D eigenvalue weighted by atomic mass is 79.9. The summed E-state index contributed by atoms with van der Waals surface area (Å²) in [5, 5.41) is 2.03. The number of rotatable bonds is 5. The largest absolute Gasteiger partial charge is 0.493 e. The predicted molar refractivity (Wildman–Crippen MR) is 77.2 cm³/mol. The minimum Gasteiger partial charge on any atom is -0.493 e. The van der Waals surface area contributed by atoms with E-state index in [1.165, 1.54) is 0 Å². The number of ether oxygens (including phenoxy) is 2. The summed E-state index contributed by atoms with van der Waals surface area (Å²) in [7, 11) is 1.63. The number of halogens is 1. The van der Waals surface area contributed by atoms with Crippen LogP contribution in [0.3, 0.4) is 0 Å². The van der Waals surface area contributed by atoms with Gasteiger partial charge in [-0.25, -0.2) is 0 Å². The van der Waals surface area contributed by atoms with Crippen LogP contribution in [0.1, 0.15) is 10.4 Å². The van der Waals surface area contributed by atoms with Crippen molar-refractivity contribution in [1.82, 2.24) is 0 Å². The number of nitrogens with two attached hydrogens (primary N) is 1. The van der Waals surface area contributed by atoms with Crippen LogP contribution in [-0.4, -0.2) is 7.11 Å². The molecule has 0 spiro atoms. The van der Waals surface area contributed by atoms with E-state index >= 15 is 0 Å². The van der Waals surface area contributed by atoms with Gasteiger partial charge in [-0.05, 0) is 39.7 Å². The highest BCUT2D eigenvalue weighted by molar-refractivity contribution is 9.10. The Balaban J connectivity index is 2.11. The predicted octanol–water partition coefficient (Wildman–Crippen LogP) is 3.56. The summed E-state index contributed by atoms with van der Waals surface area (Å²) in [6.07, 6.45) is 0. The van der Waals surface area contributed by atoms with Crippen LogP contribution in [0, 0.1) is 0 Å². The second-order valence-electron chi connectivity index (χ2n) is 3.71. The lowest BCUT2D eigenvalue weighted by Crippen LogP contribution is -2.00. The van der Waals surface area contributed by atoms with Crippen molar-refractivity contribution in [3.05, 3.63) is 44.6 Å². The standard InChI is InChI=1S/C13H14BrNO2S/c1-16-12-3-2-9(6-15)4-13(12)17-7-11-5-10(14)8-18-11/h2-5,8H,6-7,15H2,1H3. The molecule has 0 aliphatic carbocycles. The molecule has 0 fully saturated rings. The number of benzene rings is 1. The summed E-state index contributed by atoms with van der Waals surface area (Å²) < 4.78 is 12.1. The number of hydrogen-bond donors (Lipinski definition) is 1. The minimum absolute atomic E-state index is 0.491. The third-order valence-electron chi connectivity index (χ3n) is 2.46. The monoisotopic (exact) mass is 327 g/mol. The number of hydrogen-bond acceptors (Lipinski definition) is 4. The maximum absolute atomic E-state index is 5.78. The van der Waals surface area contributed by atoms with Gasteiger partial charge in [0.2, 0.25) is 0 Å². The summed E-state index contributed by atoms with van der Waals surface area (Å²) in [5.41, 5.74) is 6.65. The van der Waals surface area contributed by atoms with Gasteiger partial charge in [0.1, 0.15) is 6.61 Å². The Kier molecular flexibility index (Phi) is 4.63. The molecule has 2 N–H and O–H groups in total. The first-order valence-corrected chi connectivity index (χ1v) is 7.13. The van der Waals surface area contributed by atoms with E-state index in [-0.39, 0.29) is 0 Å². The molecule has 3 nitrogen and oxygen atoms in total. The van der Waals surface area contributed by atoms with Crippen molar-refractivity contribution >= 4 is 27.3 Å². The van der Waals surface area contributed by atoms with Gasteiger partial charge in [-0.1, -0.05) is 6.07 Å². The SMILES string of the molecule is COc1ccc(CN)cc1OCc1cc(Br)cs1. The van der Waals surface area contributed by atoms with Crippen LogP contribution >= 0.6 is 27.3 Å². The first kappa shape index (κ1) is 13.4. The molecule has 0 aliphatic rings. The molecule has 0 radical (unpaired) electrons. The van der Waals surface area contributed by atoms with Crippen molar-refractivity contribution < 1.29 is 9.47 Å². The van der Waals surface area contributed by atoms with Gasteiger partial charge in [0.15, 0.2) is 11.5 Å². The topological polar surface area (TPSA) is 44.5 Å². The Morgan fingerprint density at radius 3 is 2.72 bits per heavy atom. The quantitative estimate of drug-likeness (QED) is 0.913. The van der Waals surface area contributed by atoms with E-state index in [2.05, 4.69) is 15.9 Å². The summed E-state index contributed by atoms with van der Waals surface area (Å²) in [6.45, 7) is 1.02. The molecular formula is C13H14BrNO2S. The third kappa shape index (κ3) is 3.25. The second kappa shape index (κ2) is 6.22. The minimum atomic E-state index is 0.491. The van der Waals surface area contributed by atoms with Crippen molar-refractivity contribution in [1.29, 1.82) is 0 Å². The molecule has 5 heteroatoms. The molecule has 0 atom stereocenters. The molecule has 96 valence electrons. The Morgan fingerprint density at radius 1 is 1.28 bits per heavy atom. The van der Waals surface area contributed by atoms with Gasteiger partial charge >= 0.3 is 0 Å². The lowest BCUT2D eigenvalue weighted by atomic mass is 10.2. The Hall–Kier alpha value is -1.04. The molecule has 0 amide bonds. The van der Waals surface area contributed by atoms with Crippen molar-refractivity contribution in [2.45, 2.75) is 13.2 Å². The van der Waals surface area contributed by atoms with Crippen molar-refractivity contribution in [3.63, 3.8) is 0 Å². The van der Waals surface area contributed by atoms with Crippen molar-refractivity contribution in [3.8, 4) is 11.5 Å².